The van der Waals surface area contributed by atoms with Crippen molar-refractivity contribution in [2.75, 3.05) is 5.32 Å². The molecule has 1 N–H and O–H groups in total. The number of benzene rings is 1. The Labute approximate surface area is 132 Å². The number of hydrogen-bond acceptors (Lipinski definition) is 4. The topological polar surface area (TPSA) is 52.1 Å². The number of amidine groups is 1. The fraction of sp³-hybridized carbons (Fsp3) is 0.562. The molecule has 0 aliphatic carbocycles. The molecule has 2 heterocycles. The Morgan fingerprint density at radius 2 is 1.64 bits per heavy atom. The van der Waals surface area contributed by atoms with Crippen LogP contribution < -0.4 is 10.8 Å². The highest BCUT2D eigenvalue weighted by atomic mass is 16.8. The molecular weight excluding hydrogens is 279 g/mol. The summed E-state index contributed by atoms with van der Waals surface area (Å²) >= 11 is 0. The van der Waals surface area contributed by atoms with Crippen molar-refractivity contribution in [1.82, 2.24) is 0 Å². The minimum Gasteiger partial charge on any atom is -0.639 e. The monoisotopic (exact) mass is 303 g/mol. The molecule has 0 unspecified atom stereocenters. The van der Waals surface area contributed by atoms with Crippen LogP contribution in [-0.2, 0) is 14.0 Å². The van der Waals surface area contributed by atoms with Gasteiger partial charge in [-0.25, -0.2) is 4.99 Å². The van der Waals surface area contributed by atoms with Gasteiger partial charge in [0.1, 0.15) is 0 Å². The maximum Gasteiger partial charge on any atom is 0.470 e. The molecule has 0 atom stereocenters. The Balaban J connectivity index is 2.11. The minimum absolute atomic E-state index is 0.114. The molecule has 0 aromatic heterocycles. The van der Waals surface area contributed by atoms with Gasteiger partial charge in [-0.3, -0.25) is 0 Å². The summed E-state index contributed by atoms with van der Waals surface area (Å²) in [5.41, 5.74) is 0.867. The van der Waals surface area contributed by atoms with Gasteiger partial charge in [0.25, 0.3) is 0 Å². The molecule has 1 aromatic rings. The van der Waals surface area contributed by atoms with Gasteiger partial charge in [0.15, 0.2) is 0 Å². The normalized spacial score (nSPS) is 25.9. The van der Waals surface area contributed by atoms with E-state index in [0.717, 1.165) is 11.2 Å². The van der Waals surface area contributed by atoms with E-state index in [0.29, 0.717) is 6.02 Å². The summed E-state index contributed by atoms with van der Waals surface area (Å²) in [7, 11) is 0. The first-order chi connectivity index (χ1) is 10.2. The molecule has 1 saturated heterocycles. The number of nitrogens with zero attached hydrogens (tertiary/aromatic N) is 1. The van der Waals surface area contributed by atoms with Gasteiger partial charge in [-0.05, 0) is 47.6 Å². The summed E-state index contributed by atoms with van der Waals surface area (Å²) < 4.78 is 18.8. The number of para-hydroxylation sites is 1. The molecule has 0 amide bonds. The molecule has 0 bridgehead atoms. The van der Waals surface area contributed by atoms with Gasteiger partial charge >= 0.3 is 6.75 Å². The van der Waals surface area contributed by atoms with Gasteiger partial charge in [-0.2, -0.15) is 0 Å². The SMILES string of the molecule is CC(C)N=C1Nc2ccccc2[B-]2(O1)OC(C)(C)C(C)(C)O2. The third-order valence-electron chi connectivity index (χ3n) is 4.57. The molecule has 2 aliphatic rings. The fourth-order valence-corrected chi connectivity index (χ4v) is 2.83. The van der Waals surface area contributed by atoms with Crippen LogP contribution in [0.4, 0.5) is 5.69 Å². The van der Waals surface area contributed by atoms with Crippen LogP contribution in [0.25, 0.3) is 0 Å². The second kappa shape index (κ2) is 4.73. The largest absolute Gasteiger partial charge is 0.639 e. The van der Waals surface area contributed by atoms with E-state index >= 15 is 0 Å². The Bertz CT molecular complexity index is 610. The summed E-state index contributed by atoms with van der Waals surface area (Å²) in [4.78, 5) is 4.49. The Morgan fingerprint density at radius 3 is 2.23 bits per heavy atom. The van der Waals surface area contributed by atoms with Crippen molar-refractivity contribution in [3.05, 3.63) is 24.3 Å². The average molecular weight is 303 g/mol. The van der Waals surface area contributed by atoms with Gasteiger partial charge < -0.3 is 19.3 Å². The van der Waals surface area contributed by atoms with E-state index < -0.39 is 18.0 Å². The van der Waals surface area contributed by atoms with Crippen LogP contribution in [0.2, 0.25) is 0 Å². The summed E-state index contributed by atoms with van der Waals surface area (Å²) in [6, 6.07) is 8.46. The van der Waals surface area contributed by atoms with Crippen molar-refractivity contribution < 1.29 is 14.0 Å². The van der Waals surface area contributed by atoms with Crippen molar-refractivity contribution in [3.63, 3.8) is 0 Å². The second-order valence-electron chi connectivity index (χ2n) is 7.26. The van der Waals surface area contributed by atoms with Gasteiger partial charge in [-0.1, -0.05) is 23.7 Å². The van der Waals surface area contributed by atoms with Crippen LogP contribution in [0.3, 0.4) is 0 Å². The predicted octanol–water partition coefficient (Wildman–Crippen LogP) is 2.64. The zero-order chi connectivity index (χ0) is 16.2. The van der Waals surface area contributed by atoms with E-state index in [4.69, 9.17) is 14.0 Å². The lowest BCUT2D eigenvalue weighted by molar-refractivity contribution is 0.00578. The lowest BCUT2D eigenvalue weighted by Crippen LogP contribution is -2.60. The first-order valence-corrected chi connectivity index (χ1v) is 7.82. The summed E-state index contributed by atoms with van der Waals surface area (Å²) in [6.07, 6.45) is 0. The van der Waals surface area contributed by atoms with Gasteiger partial charge in [0, 0.05) is 22.9 Å². The lowest BCUT2D eigenvalue weighted by Gasteiger charge is -2.43. The molecule has 3 rings (SSSR count). The fourth-order valence-electron chi connectivity index (χ4n) is 2.83. The minimum atomic E-state index is -2.06. The number of fused-ring (bicyclic) bond motifs is 2. The lowest BCUT2D eigenvalue weighted by atomic mass is 9.67. The quantitative estimate of drug-likeness (QED) is 0.810. The summed E-state index contributed by atoms with van der Waals surface area (Å²) in [5, 5.41) is 3.22. The molecule has 1 spiro atoms. The van der Waals surface area contributed by atoms with E-state index in [1.165, 1.54) is 0 Å². The zero-order valence-electron chi connectivity index (χ0n) is 14.1. The third-order valence-corrected chi connectivity index (χ3v) is 4.57. The van der Waals surface area contributed by atoms with E-state index in [1.54, 1.807) is 0 Å². The van der Waals surface area contributed by atoms with E-state index in [1.807, 2.05) is 65.8 Å². The highest BCUT2D eigenvalue weighted by Crippen LogP contribution is 2.43. The summed E-state index contributed by atoms with van der Waals surface area (Å²) in [6.45, 7) is 10.0. The van der Waals surface area contributed by atoms with Crippen LogP contribution >= 0.6 is 0 Å². The van der Waals surface area contributed by atoms with Crippen molar-refractivity contribution >= 4 is 23.9 Å². The van der Waals surface area contributed by atoms with Gasteiger partial charge in [-0.15, -0.1) is 0 Å². The third kappa shape index (κ3) is 2.30. The van der Waals surface area contributed by atoms with Crippen LogP contribution in [0.15, 0.2) is 29.3 Å². The van der Waals surface area contributed by atoms with E-state index in [9.17, 15) is 0 Å². The van der Waals surface area contributed by atoms with E-state index in [2.05, 4.69) is 10.3 Å². The number of anilines is 1. The van der Waals surface area contributed by atoms with Crippen LogP contribution in [0.5, 0.6) is 0 Å². The number of hydrogen-bond donors (Lipinski definition) is 1. The molecule has 22 heavy (non-hydrogen) atoms. The zero-order valence-corrected chi connectivity index (χ0v) is 14.1. The number of rotatable bonds is 1. The van der Waals surface area contributed by atoms with Crippen molar-refractivity contribution in [3.8, 4) is 0 Å². The summed E-state index contributed by atoms with van der Waals surface area (Å²) in [5.74, 6) is 0. The van der Waals surface area contributed by atoms with Crippen LogP contribution in [0.1, 0.15) is 41.5 Å². The van der Waals surface area contributed by atoms with Gasteiger partial charge in [0.2, 0.25) is 6.02 Å². The first-order valence-electron chi connectivity index (χ1n) is 7.82. The smallest absolute Gasteiger partial charge is 0.470 e. The van der Waals surface area contributed by atoms with E-state index in [-0.39, 0.29) is 6.04 Å². The number of aliphatic imine (C=N–C) groups is 1. The molecule has 1 aromatic carbocycles. The molecule has 6 heteroatoms. The highest BCUT2D eigenvalue weighted by molar-refractivity contribution is 6.79. The number of nitrogens with one attached hydrogen (secondary N) is 1. The molecule has 120 valence electrons. The molecule has 0 saturated carbocycles. The molecule has 2 aliphatic heterocycles. The maximum atomic E-state index is 6.33. The Hall–Kier alpha value is -1.53. The van der Waals surface area contributed by atoms with Crippen LogP contribution in [0, 0.1) is 0 Å². The van der Waals surface area contributed by atoms with Crippen molar-refractivity contribution in [1.29, 1.82) is 0 Å². The highest BCUT2D eigenvalue weighted by Gasteiger charge is 2.57. The second-order valence-corrected chi connectivity index (χ2v) is 7.26. The molecule has 1 fully saturated rings. The Kier molecular flexibility index (Phi) is 3.31. The van der Waals surface area contributed by atoms with Crippen molar-refractivity contribution in [2.24, 2.45) is 4.99 Å². The average Bonchev–Trinajstić information content (AvgIpc) is 2.53. The first kappa shape index (κ1) is 15.4. The Morgan fingerprint density at radius 1 is 1.05 bits per heavy atom. The predicted molar refractivity (Wildman–Crippen MR) is 89.4 cm³/mol. The molecule has 0 radical (unpaired) electrons. The van der Waals surface area contributed by atoms with Crippen LogP contribution in [-0.4, -0.2) is 30.0 Å². The molecular formula is C16H24BN2O3-. The van der Waals surface area contributed by atoms with Gasteiger partial charge in [0.05, 0.1) is 0 Å². The standard InChI is InChI=1S/C16H24BN2O3/c1-11(2)18-14-19-13-10-8-7-9-12(13)17(20-14)21-15(3,4)16(5,6)22-17/h7-11H,1-6H3,(H,18,19)/q-1. The maximum absolute atomic E-state index is 6.33. The molecule has 5 nitrogen and oxygen atoms in total. The van der Waals surface area contributed by atoms with Crippen molar-refractivity contribution in [2.45, 2.75) is 58.8 Å².